The zero-order valence-corrected chi connectivity index (χ0v) is 35.5. The molecule has 1 aliphatic heterocycles. The Bertz CT molecular complexity index is 1940. The summed E-state index contributed by atoms with van der Waals surface area (Å²) in [5.41, 5.74) is -2.71. The number of aromatic nitrogens is 1. The molecule has 2 atom stereocenters. The minimum Gasteiger partial charge on any atom is -0.492 e. The van der Waals surface area contributed by atoms with Crippen LogP contribution in [0, 0.1) is 5.82 Å². The van der Waals surface area contributed by atoms with Crippen LogP contribution in [0.15, 0.2) is 17.1 Å². The molecule has 2 fully saturated rings. The Morgan fingerprint density at radius 1 is 0.948 bits per heavy atom. The van der Waals surface area contributed by atoms with Gasteiger partial charge in [0.1, 0.15) is 11.3 Å². The number of carboxylic acids is 1. The number of pyridine rings is 1. The fourth-order valence-corrected chi connectivity index (χ4v) is 11.6. The average molecular weight is 863 g/mol. The van der Waals surface area contributed by atoms with Gasteiger partial charge in [0.15, 0.2) is 11.6 Å². The lowest BCUT2D eigenvalue weighted by Gasteiger charge is -2.41. The number of piperazine rings is 1. The van der Waals surface area contributed by atoms with Crippen molar-refractivity contribution < 1.29 is 70.1 Å². The van der Waals surface area contributed by atoms with E-state index in [-0.39, 0.29) is 93.7 Å². The predicted octanol–water partition coefficient (Wildman–Crippen LogP) is 5.82. The average Bonchev–Trinajstić information content (AvgIpc) is 3.99. The summed E-state index contributed by atoms with van der Waals surface area (Å²) >= 11 is 0. The van der Waals surface area contributed by atoms with Gasteiger partial charge < -0.3 is 57.1 Å². The molecule has 0 spiro atoms. The quantitative estimate of drug-likeness (QED) is 0.0856. The first-order valence-electron chi connectivity index (χ1n) is 19.2. The van der Waals surface area contributed by atoms with Gasteiger partial charge in [0.05, 0.1) is 44.4 Å². The lowest BCUT2D eigenvalue weighted by atomic mass is 10.1. The SMILES string of the molecule is CCOP(=O)(OCC)C(NC(=O)CCCC(=O)OC(C)OC(=O)N1CCN(c2c(F)cc3c(=O)c(C(=O)O)cn(C4CC4)c3c2OC)CC1C)P(=O)(OCC)OCC. The molecule has 2 amide bonds. The van der Waals surface area contributed by atoms with Crippen molar-refractivity contribution in [3.05, 3.63) is 33.9 Å². The number of hydrogen-bond donors (Lipinski definition) is 2. The summed E-state index contributed by atoms with van der Waals surface area (Å²) in [5.74, 6) is -3.66. The maximum Gasteiger partial charge on any atom is 0.413 e. The molecule has 4 rings (SSSR count). The van der Waals surface area contributed by atoms with E-state index in [9.17, 15) is 38.2 Å². The van der Waals surface area contributed by atoms with E-state index >= 15 is 4.39 Å². The van der Waals surface area contributed by atoms with Crippen molar-refractivity contribution in [2.45, 2.75) is 97.5 Å². The standard InChI is InChI=1S/C36H53FN4O15P2/c1-8-51-57(48,52-9-2)35(58(49,53-10-3)54-11-4)38-28(42)13-12-14-29(43)55-23(6)56-36(47)40-18-17-39(20-22(40)5)31-27(37)19-25-30(33(31)50-7)41(24-15-16-24)21-26(32(25)44)34(45)46/h19,21-24,35H,8-18,20H2,1-7H3,(H,38,42)(H,45,46). The third-order valence-electron chi connectivity index (χ3n) is 9.23. The molecular weight excluding hydrogens is 809 g/mol. The molecule has 22 heteroatoms. The van der Waals surface area contributed by atoms with Crippen LogP contribution in [0.1, 0.15) is 90.0 Å². The van der Waals surface area contributed by atoms with Gasteiger partial charge in [-0.15, -0.1) is 0 Å². The van der Waals surface area contributed by atoms with E-state index in [1.54, 1.807) is 44.1 Å². The highest BCUT2D eigenvalue weighted by Crippen LogP contribution is 2.69. The Morgan fingerprint density at radius 2 is 1.53 bits per heavy atom. The van der Waals surface area contributed by atoms with Crippen LogP contribution in [-0.4, -0.2) is 110 Å². The second-order valence-electron chi connectivity index (χ2n) is 13.4. The van der Waals surface area contributed by atoms with E-state index in [4.69, 9.17) is 32.3 Å². The van der Waals surface area contributed by atoms with E-state index in [0.717, 1.165) is 18.9 Å². The van der Waals surface area contributed by atoms with Gasteiger partial charge in [-0.25, -0.2) is 14.0 Å². The highest BCUT2D eigenvalue weighted by atomic mass is 31.2. The van der Waals surface area contributed by atoms with Crippen molar-refractivity contribution in [3.8, 4) is 5.75 Å². The van der Waals surface area contributed by atoms with Gasteiger partial charge in [-0.05, 0) is 59.9 Å². The lowest BCUT2D eigenvalue weighted by Crippen LogP contribution is -2.55. The van der Waals surface area contributed by atoms with E-state index in [0.29, 0.717) is 0 Å². The number of carbonyl (C=O) groups is 4. The topological polar surface area (TPSA) is 228 Å². The second kappa shape index (κ2) is 20.3. The van der Waals surface area contributed by atoms with Crippen molar-refractivity contribution in [1.82, 2.24) is 14.8 Å². The van der Waals surface area contributed by atoms with Crippen LogP contribution >= 0.6 is 15.2 Å². The molecule has 2 heterocycles. The summed E-state index contributed by atoms with van der Waals surface area (Å²) < 4.78 is 82.5. The van der Waals surface area contributed by atoms with Crippen LogP contribution in [0.2, 0.25) is 0 Å². The number of carbonyl (C=O) groups excluding carboxylic acids is 3. The summed E-state index contributed by atoms with van der Waals surface area (Å²) in [5, 5.41) is 11.9. The minimum atomic E-state index is -4.25. The fraction of sp³-hybridized carbons (Fsp3) is 0.639. The number of ether oxygens (including phenoxy) is 3. The molecule has 324 valence electrons. The normalized spacial score (nSPS) is 16.7. The zero-order valence-electron chi connectivity index (χ0n) is 33.7. The highest BCUT2D eigenvalue weighted by molar-refractivity contribution is 7.72. The lowest BCUT2D eigenvalue weighted by molar-refractivity contribution is -0.166. The molecule has 1 saturated carbocycles. The molecule has 1 aromatic heterocycles. The number of hydrogen-bond acceptors (Lipinski definition) is 15. The van der Waals surface area contributed by atoms with Gasteiger partial charge in [0.2, 0.25) is 23.2 Å². The summed E-state index contributed by atoms with van der Waals surface area (Å²) in [4.78, 5) is 66.7. The molecule has 2 N–H and O–H groups in total. The molecule has 0 radical (unpaired) electrons. The van der Waals surface area contributed by atoms with Gasteiger partial charge >= 0.3 is 33.2 Å². The number of nitrogens with zero attached hydrogens (tertiary/aromatic N) is 3. The number of fused-ring (bicyclic) bond motifs is 1. The number of esters is 1. The van der Waals surface area contributed by atoms with Gasteiger partial charge in [0.25, 0.3) is 0 Å². The minimum absolute atomic E-state index is 0.0511. The van der Waals surface area contributed by atoms with Crippen LogP contribution in [0.25, 0.3) is 10.9 Å². The van der Waals surface area contributed by atoms with E-state index in [1.165, 1.54) is 25.1 Å². The summed E-state index contributed by atoms with van der Waals surface area (Å²) in [6.45, 7) is 9.24. The first-order valence-corrected chi connectivity index (χ1v) is 22.4. The number of amides is 2. The molecule has 1 aromatic carbocycles. The van der Waals surface area contributed by atoms with Crippen LogP contribution < -0.4 is 20.4 Å². The molecule has 2 unspecified atom stereocenters. The van der Waals surface area contributed by atoms with Crippen molar-refractivity contribution in [3.63, 3.8) is 0 Å². The number of halogens is 1. The van der Waals surface area contributed by atoms with Crippen LogP contribution in [-0.2, 0) is 46.3 Å². The van der Waals surface area contributed by atoms with Gasteiger partial charge in [-0.2, -0.15) is 0 Å². The van der Waals surface area contributed by atoms with Crippen LogP contribution in [0.4, 0.5) is 14.9 Å². The number of anilines is 1. The Morgan fingerprint density at radius 3 is 2.03 bits per heavy atom. The maximum absolute atomic E-state index is 15.8. The number of carboxylic acid groups (broad SMARTS) is 1. The molecule has 1 aliphatic carbocycles. The molecule has 58 heavy (non-hydrogen) atoms. The number of rotatable bonds is 21. The molecule has 19 nitrogen and oxygen atoms in total. The number of nitrogens with one attached hydrogen (secondary N) is 1. The van der Waals surface area contributed by atoms with E-state index in [1.807, 2.05) is 0 Å². The molecule has 2 aliphatic rings. The van der Waals surface area contributed by atoms with Gasteiger partial charge in [-0.1, -0.05) is 0 Å². The summed E-state index contributed by atoms with van der Waals surface area (Å²) in [6.07, 6.45) is 0.0450. The number of aromatic carboxylic acids is 1. The third kappa shape index (κ3) is 10.8. The molecular formula is C36H53FN4O15P2. The Balaban J connectivity index is 1.35. The van der Waals surface area contributed by atoms with Crippen molar-refractivity contribution in [2.75, 3.05) is 58.1 Å². The van der Waals surface area contributed by atoms with Crippen molar-refractivity contribution in [1.29, 1.82) is 0 Å². The highest BCUT2D eigenvalue weighted by Gasteiger charge is 2.52. The Labute approximate surface area is 335 Å². The number of methoxy groups -OCH3 is 1. The van der Waals surface area contributed by atoms with Crippen molar-refractivity contribution >= 4 is 55.7 Å². The largest absolute Gasteiger partial charge is 0.492 e. The Hall–Kier alpha value is -4.06. The second-order valence-corrected chi connectivity index (χ2v) is 18.1. The van der Waals surface area contributed by atoms with E-state index in [2.05, 4.69) is 5.32 Å². The first-order chi connectivity index (χ1) is 27.5. The van der Waals surface area contributed by atoms with Gasteiger partial charge in [0, 0.05) is 57.7 Å². The molecule has 1 saturated heterocycles. The third-order valence-corrected chi connectivity index (χ3v) is 14.9. The molecule has 0 bridgehead atoms. The fourth-order valence-electron chi connectivity index (χ4n) is 6.65. The smallest absolute Gasteiger partial charge is 0.413 e. The van der Waals surface area contributed by atoms with Crippen molar-refractivity contribution in [2.24, 2.45) is 0 Å². The Kier molecular flexibility index (Phi) is 16.3. The zero-order chi connectivity index (χ0) is 42.9. The summed E-state index contributed by atoms with van der Waals surface area (Å²) in [7, 11) is -7.16. The summed E-state index contributed by atoms with van der Waals surface area (Å²) in [6, 6.07) is 0.416. The maximum atomic E-state index is 15.8. The molecule has 2 aromatic rings. The first kappa shape index (κ1) is 46.6. The predicted molar refractivity (Wildman–Crippen MR) is 208 cm³/mol. The van der Waals surface area contributed by atoms with Crippen LogP contribution in [0.3, 0.4) is 0 Å². The number of benzene rings is 1. The monoisotopic (exact) mass is 862 g/mol. The van der Waals surface area contributed by atoms with E-state index < -0.39 is 73.8 Å². The van der Waals surface area contributed by atoms with Gasteiger partial charge in [-0.3, -0.25) is 23.5 Å². The van der Waals surface area contributed by atoms with Crippen LogP contribution in [0.5, 0.6) is 5.75 Å².